The number of ketones is 1. The van der Waals surface area contributed by atoms with E-state index in [9.17, 15) is 10.1 Å². The van der Waals surface area contributed by atoms with E-state index in [1.165, 1.54) is 0 Å². The van der Waals surface area contributed by atoms with Gasteiger partial charge in [0.15, 0.2) is 6.19 Å². The molecule has 3 atom stereocenters. The van der Waals surface area contributed by atoms with Crippen LogP contribution in [-0.2, 0) is 0 Å². The molecule has 2 saturated heterocycles. The van der Waals surface area contributed by atoms with E-state index >= 15 is 0 Å². The lowest BCUT2D eigenvalue weighted by atomic mass is 9.85. The third-order valence-electron chi connectivity index (χ3n) is 5.13. The van der Waals surface area contributed by atoms with Crippen molar-refractivity contribution in [2.75, 3.05) is 0 Å². The predicted octanol–water partition coefficient (Wildman–Crippen LogP) is 3.90. The van der Waals surface area contributed by atoms with Crippen LogP contribution in [0.4, 0.5) is 0 Å². The van der Waals surface area contributed by atoms with Crippen LogP contribution < -0.4 is 0 Å². The fraction of sp³-hybridized carbons (Fsp3) is 0.389. The first-order chi connectivity index (χ1) is 11.7. The Morgan fingerprint density at radius 3 is 3.04 bits per heavy atom. The third kappa shape index (κ3) is 2.57. The lowest BCUT2D eigenvalue weighted by Gasteiger charge is -2.19. The summed E-state index contributed by atoms with van der Waals surface area (Å²) in [5.74, 6) is 0.457. The summed E-state index contributed by atoms with van der Waals surface area (Å²) in [5, 5.41) is 13.8. The van der Waals surface area contributed by atoms with Crippen LogP contribution >= 0.6 is 11.6 Å². The minimum atomic E-state index is -0.0498. The zero-order chi connectivity index (χ0) is 16.7. The minimum Gasteiger partial charge on any atom is -0.352 e. The summed E-state index contributed by atoms with van der Waals surface area (Å²) in [7, 11) is 0. The van der Waals surface area contributed by atoms with Gasteiger partial charge < -0.3 is 9.42 Å². The number of rotatable bonds is 4. The number of halogens is 1. The number of Topliss-reactive ketones (excluding diaryl/α,β-unsaturated/α-hetero) is 1. The van der Waals surface area contributed by atoms with Crippen LogP contribution in [0.2, 0.25) is 5.02 Å². The molecule has 2 aliphatic heterocycles. The Bertz CT molecular complexity index is 826. The van der Waals surface area contributed by atoms with Gasteiger partial charge in [-0.15, -0.1) is 0 Å². The van der Waals surface area contributed by atoms with Gasteiger partial charge in [-0.3, -0.25) is 4.79 Å². The molecule has 122 valence electrons. The van der Waals surface area contributed by atoms with E-state index in [-0.39, 0.29) is 23.5 Å². The number of carbonyl (C=O) groups excluding carboxylic acids is 1. The molecule has 2 bridgehead atoms. The second kappa shape index (κ2) is 5.95. The van der Waals surface area contributed by atoms with Crippen LogP contribution in [0, 0.1) is 17.4 Å². The first kappa shape index (κ1) is 15.2. The molecule has 2 aromatic rings. The lowest BCUT2D eigenvalue weighted by molar-refractivity contribution is 0.0914. The van der Waals surface area contributed by atoms with Crippen LogP contribution in [-0.4, -0.2) is 27.9 Å². The molecule has 24 heavy (non-hydrogen) atoms. The smallest absolute Gasteiger partial charge is 0.203 e. The van der Waals surface area contributed by atoms with Gasteiger partial charge in [0.25, 0.3) is 0 Å². The van der Waals surface area contributed by atoms with Gasteiger partial charge in [-0.05, 0) is 37.3 Å². The SMILES string of the molecule is N#CN1[C@H]2CC[C@@H]1[C@H](CC(=O)c1cc(-c3cccc(Cl)c3)no1)C2. The Kier molecular flexibility index (Phi) is 3.78. The van der Waals surface area contributed by atoms with Gasteiger partial charge in [-0.25, -0.2) is 0 Å². The molecule has 2 fully saturated rings. The molecule has 0 amide bonds. The maximum Gasteiger partial charge on any atom is 0.203 e. The first-order valence-corrected chi connectivity index (χ1v) is 8.47. The Balaban J connectivity index is 1.48. The lowest BCUT2D eigenvalue weighted by Crippen LogP contribution is -2.26. The zero-order valence-electron chi connectivity index (χ0n) is 13.0. The molecule has 1 aromatic heterocycles. The van der Waals surface area contributed by atoms with Crippen LogP contribution in [0.1, 0.15) is 36.2 Å². The fourth-order valence-corrected chi connectivity index (χ4v) is 4.21. The van der Waals surface area contributed by atoms with Crippen molar-refractivity contribution in [3.63, 3.8) is 0 Å². The molecule has 0 unspecified atom stereocenters. The maximum atomic E-state index is 12.5. The van der Waals surface area contributed by atoms with Crippen molar-refractivity contribution in [3.8, 4) is 17.5 Å². The summed E-state index contributed by atoms with van der Waals surface area (Å²) in [6.45, 7) is 0. The number of nitrogens with zero attached hydrogens (tertiary/aromatic N) is 3. The third-order valence-corrected chi connectivity index (χ3v) is 5.37. The highest BCUT2D eigenvalue weighted by Gasteiger charge is 2.46. The summed E-state index contributed by atoms with van der Waals surface area (Å²) in [6, 6.07) is 9.47. The van der Waals surface area contributed by atoms with Gasteiger partial charge in [0.05, 0.1) is 0 Å². The monoisotopic (exact) mass is 341 g/mol. The largest absolute Gasteiger partial charge is 0.352 e. The van der Waals surface area contributed by atoms with Gasteiger partial charge in [-0.2, -0.15) is 5.26 Å². The topological polar surface area (TPSA) is 70.1 Å². The highest BCUT2D eigenvalue weighted by molar-refractivity contribution is 6.30. The standard InChI is InChI=1S/C18H16ClN3O2/c19-13-3-1-2-11(6-13)15-9-18(24-21-15)17(23)8-12-7-14-4-5-16(12)22(14)10-20/h1-3,6,9,12,14,16H,4-5,7-8H2/t12-,14-,16+/m0/s1. The van der Waals surface area contributed by atoms with Crippen LogP contribution in [0.3, 0.4) is 0 Å². The molecule has 5 nitrogen and oxygen atoms in total. The molecular formula is C18H16ClN3O2. The van der Waals surface area contributed by atoms with E-state index in [1.807, 2.05) is 17.0 Å². The van der Waals surface area contributed by atoms with Crippen molar-refractivity contribution < 1.29 is 9.32 Å². The molecule has 1 aromatic carbocycles. The molecule has 0 saturated carbocycles. The molecular weight excluding hydrogens is 326 g/mol. The number of carbonyl (C=O) groups is 1. The summed E-state index contributed by atoms with van der Waals surface area (Å²) in [5.41, 5.74) is 1.42. The summed E-state index contributed by atoms with van der Waals surface area (Å²) in [4.78, 5) is 14.4. The van der Waals surface area contributed by atoms with E-state index in [0.29, 0.717) is 23.2 Å². The molecule has 0 N–H and O–H groups in total. The second-order valence-corrected chi connectivity index (χ2v) is 6.95. The summed E-state index contributed by atoms with van der Waals surface area (Å²) >= 11 is 5.98. The quantitative estimate of drug-likeness (QED) is 0.623. The number of benzene rings is 1. The average molecular weight is 342 g/mol. The molecule has 0 radical (unpaired) electrons. The maximum absolute atomic E-state index is 12.5. The van der Waals surface area contributed by atoms with Crippen molar-refractivity contribution >= 4 is 17.4 Å². The van der Waals surface area contributed by atoms with Crippen molar-refractivity contribution in [3.05, 3.63) is 41.1 Å². The normalized spacial score (nSPS) is 25.0. The van der Waals surface area contributed by atoms with Gasteiger partial charge in [0, 0.05) is 35.2 Å². The molecule has 0 aliphatic carbocycles. The Labute approximate surface area is 144 Å². The first-order valence-electron chi connectivity index (χ1n) is 8.09. The second-order valence-electron chi connectivity index (χ2n) is 6.52. The number of fused-ring (bicyclic) bond motifs is 2. The Morgan fingerprint density at radius 1 is 1.42 bits per heavy atom. The van der Waals surface area contributed by atoms with Gasteiger partial charge in [0.1, 0.15) is 5.69 Å². The Hall–Kier alpha value is -2.32. The highest BCUT2D eigenvalue weighted by atomic mass is 35.5. The summed E-state index contributed by atoms with van der Waals surface area (Å²) in [6.07, 6.45) is 5.66. The molecule has 4 rings (SSSR count). The average Bonchev–Trinajstić information content (AvgIpc) is 3.28. The number of nitriles is 1. The van der Waals surface area contributed by atoms with Crippen LogP contribution in [0.5, 0.6) is 0 Å². The van der Waals surface area contributed by atoms with E-state index in [1.54, 1.807) is 18.2 Å². The number of hydrogen-bond acceptors (Lipinski definition) is 5. The van der Waals surface area contributed by atoms with Crippen LogP contribution in [0.15, 0.2) is 34.9 Å². The van der Waals surface area contributed by atoms with Crippen LogP contribution in [0.25, 0.3) is 11.3 Å². The highest BCUT2D eigenvalue weighted by Crippen LogP contribution is 2.43. The van der Waals surface area contributed by atoms with Crippen molar-refractivity contribution in [2.45, 2.75) is 37.8 Å². The molecule has 0 spiro atoms. The minimum absolute atomic E-state index is 0.0498. The number of hydrogen-bond donors (Lipinski definition) is 0. The Morgan fingerprint density at radius 2 is 2.29 bits per heavy atom. The molecule has 2 aliphatic rings. The van der Waals surface area contributed by atoms with Gasteiger partial charge in [0.2, 0.25) is 11.5 Å². The van der Waals surface area contributed by atoms with Gasteiger partial charge >= 0.3 is 0 Å². The predicted molar refractivity (Wildman–Crippen MR) is 88.3 cm³/mol. The van der Waals surface area contributed by atoms with E-state index in [4.69, 9.17) is 16.1 Å². The van der Waals surface area contributed by atoms with Crippen molar-refractivity contribution in [2.24, 2.45) is 5.92 Å². The fourth-order valence-electron chi connectivity index (χ4n) is 4.02. The van der Waals surface area contributed by atoms with E-state index in [0.717, 1.165) is 24.8 Å². The van der Waals surface area contributed by atoms with Crippen molar-refractivity contribution in [1.82, 2.24) is 10.1 Å². The van der Waals surface area contributed by atoms with E-state index in [2.05, 4.69) is 11.3 Å². The van der Waals surface area contributed by atoms with E-state index < -0.39 is 0 Å². The molecule has 3 heterocycles. The molecule has 6 heteroatoms. The van der Waals surface area contributed by atoms with Crippen molar-refractivity contribution in [1.29, 1.82) is 5.26 Å². The number of aromatic nitrogens is 1. The summed E-state index contributed by atoms with van der Waals surface area (Å²) < 4.78 is 5.24. The zero-order valence-corrected chi connectivity index (χ0v) is 13.7. The van der Waals surface area contributed by atoms with Gasteiger partial charge in [-0.1, -0.05) is 28.9 Å².